The van der Waals surface area contributed by atoms with Crippen molar-refractivity contribution >= 4 is 38.3 Å². The molecule has 0 amide bonds. The number of benzene rings is 2. The van der Waals surface area contributed by atoms with Gasteiger partial charge in [-0.3, -0.25) is 0 Å². The standard InChI is InChI=1S/C25H24N4OS/c1-15-5-3-8-20-19(16(2)29-23(15)20)9-10-26-25-24-21(27-14-28-25)12-22(31-24)18-7-4-6-17(11-18)13-30/h3-8,11-12,14,29-30H,9-10,13H2,1-2H3,(H,26,27,28). The van der Waals surface area contributed by atoms with E-state index in [4.69, 9.17) is 0 Å². The predicted octanol–water partition coefficient (Wildman–Crippen LogP) is 5.60. The van der Waals surface area contributed by atoms with Crippen LogP contribution >= 0.6 is 11.3 Å². The summed E-state index contributed by atoms with van der Waals surface area (Å²) in [7, 11) is 0. The van der Waals surface area contributed by atoms with Crippen LogP contribution in [0.25, 0.3) is 31.6 Å². The molecule has 5 aromatic rings. The Morgan fingerprint density at radius 3 is 2.81 bits per heavy atom. The number of nitrogens with zero attached hydrogens (tertiary/aromatic N) is 2. The molecule has 31 heavy (non-hydrogen) atoms. The molecule has 3 N–H and O–H groups in total. The maximum absolute atomic E-state index is 9.44. The van der Waals surface area contributed by atoms with Crippen LogP contribution in [0.4, 0.5) is 5.82 Å². The Balaban J connectivity index is 1.39. The summed E-state index contributed by atoms with van der Waals surface area (Å²) in [4.78, 5) is 13.6. The Labute approximate surface area is 184 Å². The second-order valence-electron chi connectivity index (χ2n) is 7.81. The highest BCUT2D eigenvalue weighted by molar-refractivity contribution is 7.22. The van der Waals surface area contributed by atoms with E-state index in [9.17, 15) is 5.11 Å². The maximum atomic E-state index is 9.44. The number of aryl methyl sites for hydroxylation is 2. The third kappa shape index (κ3) is 3.69. The van der Waals surface area contributed by atoms with Gasteiger partial charge in [0, 0.05) is 28.0 Å². The van der Waals surface area contributed by atoms with Gasteiger partial charge in [-0.05, 0) is 54.7 Å². The predicted molar refractivity (Wildman–Crippen MR) is 129 cm³/mol. The summed E-state index contributed by atoms with van der Waals surface area (Å²) < 4.78 is 1.05. The number of rotatable bonds is 6. The van der Waals surface area contributed by atoms with E-state index in [2.05, 4.69) is 64.4 Å². The largest absolute Gasteiger partial charge is 0.392 e. The molecule has 0 saturated heterocycles. The SMILES string of the molecule is Cc1[nH]c2c(C)cccc2c1CCNc1ncnc2cc(-c3cccc(CO)c3)sc12. The maximum Gasteiger partial charge on any atom is 0.147 e. The smallest absolute Gasteiger partial charge is 0.147 e. The fraction of sp³-hybridized carbons (Fsp3) is 0.200. The zero-order valence-corrected chi connectivity index (χ0v) is 18.4. The van der Waals surface area contributed by atoms with Gasteiger partial charge in [0.05, 0.1) is 16.8 Å². The van der Waals surface area contributed by atoms with Crippen molar-refractivity contribution in [2.75, 3.05) is 11.9 Å². The lowest BCUT2D eigenvalue weighted by Crippen LogP contribution is -2.07. The van der Waals surface area contributed by atoms with Crippen molar-refractivity contribution in [1.82, 2.24) is 15.0 Å². The highest BCUT2D eigenvalue weighted by Crippen LogP contribution is 2.36. The van der Waals surface area contributed by atoms with Crippen LogP contribution in [-0.4, -0.2) is 26.6 Å². The number of anilines is 1. The molecule has 0 fully saturated rings. The molecule has 0 aliphatic carbocycles. The van der Waals surface area contributed by atoms with E-state index in [0.29, 0.717) is 0 Å². The summed E-state index contributed by atoms with van der Waals surface area (Å²) in [6.07, 6.45) is 2.53. The van der Waals surface area contributed by atoms with E-state index in [1.165, 1.54) is 27.7 Å². The van der Waals surface area contributed by atoms with Gasteiger partial charge in [-0.15, -0.1) is 11.3 Å². The fourth-order valence-electron chi connectivity index (χ4n) is 4.12. The number of aliphatic hydroxyl groups is 1. The third-order valence-corrected chi connectivity index (χ3v) is 6.92. The van der Waals surface area contributed by atoms with Gasteiger partial charge < -0.3 is 15.4 Å². The van der Waals surface area contributed by atoms with Crippen LogP contribution in [0.5, 0.6) is 0 Å². The first-order valence-electron chi connectivity index (χ1n) is 10.4. The average molecular weight is 429 g/mol. The Morgan fingerprint density at radius 2 is 1.94 bits per heavy atom. The average Bonchev–Trinajstić information content (AvgIpc) is 3.37. The van der Waals surface area contributed by atoms with Gasteiger partial charge in [0.2, 0.25) is 0 Å². The van der Waals surface area contributed by atoms with Crippen molar-refractivity contribution < 1.29 is 5.11 Å². The summed E-state index contributed by atoms with van der Waals surface area (Å²) in [6, 6.07) is 16.5. The number of H-pyrrole nitrogens is 1. The Kier molecular flexibility index (Phi) is 5.18. The monoisotopic (exact) mass is 428 g/mol. The molecule has 3 heterocycles. The van der Waals surface area contributed by atoms with E-state index < -0.39 is 0 Å². The second kappa shape index (κ2) is 8.13. The Morgan fingerprint density at radius 1 is 1.06 bits per heavy atom. The van der Waals surface area contributed by atoms with Gasteiger partial charge in [0.15, 0.2) is 0 Å². The first-order chi connectivity index (χ1) is 15.1. The van der Waals surface area contributed by atoms with Crippen LogP contribution in [0.3, 0.4) is 0 Å². The molecule has 6 heteroatoms. The summed E-state index contributed by atoms with van der Waals surface area (Å²) >= 11 is 1.68. The molecule has 0 aliphatic heterocycles. The Hall–Kier alpha value is -3.22. The zero-order chi connectivity index (χ0) is 21.4. The number of hydrogen-bond donors (Lipinski definition) is 3. The molecule has 156 valence electrons. The van der Waals surface area contributed by atoms with Crippen molar-refractivity contribution in [3.05, 3.63) is 77.2 Å². The van der Waals surface area contributed by atoms with E-state index >= 15 is 0 Å². The first-order valence-corrected chi connectivity index (χ1v) is 11.2. The van der Waals surface area contributed by atoms with Crippen molar-refractivity contribution in [2.24, 2.45) is 0 Å². The molecule has 2 aromatic carbocycles. The summed E-state index contributed by atoms with van der Waals surface area (Å²) in [6.45, 7) is 5.12. The van der Waals surface area contributed by atoms with Crippen LogP contribution in [-0.2, 0) is 13.0 Å². The molecule has 5 rings (SSSR count). The number of nitrogens with one attached hydrogen (secondary N) is 2. The molecule has 5 nitrogen and oxygen atoms in total. The molecule has 0 aliphatic rings. The summed E-state index contributed by atoms with van der Waals surface area (Å²) in [5, 5.41) is 14.3. The molecule has 0 unspecified atom stereocenters. The normalized spacial score (nSPS) is 11.5. The van der Waals surface area contributed by atoms with Crippen LogP contribution in [0.15, 0.2) is 54.9 Å². The lowest BCUT2D eigenvalue weighted by atomic mass is 10.1. The summed E-state index contributed by atoms with van der Waals surface area (Å²) in [5.74, 6) is 0.869. The quantitative estimate of drug-likeness (QED) is 0.329. The molecule has 0 radical (unpaired) electrons. The summed E-state index contributed by atoms with van der Waals surface area (Å²) in [5.41, 5.74) is 8.01. The van der Waals surface area contributed by atoms with Crippen molar-refractivity contribution in [2.45, 2.75) is 26.9 Å². The fourth-order valence-corrected chi connectivity index (χ4v) is 5.20. The van der Waals surface area contributed by atoms with Crippen LogP contribution in [0.1, 0.15) is 22.4 Å². The van der Waals surface area contributed by atoms with Crippen LogP contribution in [0.2, 0.25) is 0 Å². The molecule has 0 atom stereocenters. The molecular weight excluding hydrogens is 404 g/mol. The van der Waals surface area contributed by atoms with Crippen LogP contribution in [0, 0.1) is 13.8 Å². The number of aromatic nitrogens is 3. The lowest BCUT2D eigenvalue weighted by Gasteiger charge is -2.07. The number of hydrogen-bond acceptors (Lipinski definition) is 5. The number of aromatic amines is 1. The van der Waals surface area contributed by atoms with Gasteiger partial charge in [-0.25, -0.2) is 9.97 Å². The van der Waals surface area contributed by atoms with Crippen molar-refractivity contribution in [3.8, 4) is 10.4 Å². The van der Waals surface area contributed by atoms with E-state index in [0.717, 1.165) is 45.0 Å². The van der Waals surface area contributed by atoms with E-state index in [1.807, 2.05) is 18.2 Å². The minimum atomic E-state index is 0.0398. The van der Waals surface area contributed by atoms with Gasteiger partial charge in [-0.1, -0.05) is 36.4 Å². The highest BCUT2D eigenvalue weighted by Gasteiger charge is 2.12. The molecule has 0 bridgehead atoms. The third-order valence-electron chi connectivity index (χ3n) is 5.74. The Bertz CT molecular complexity index is 1390. The number of para-hydroxylation sites is 1. The lowest BCUT2D eigenvalue weighted by molar-refractivity contribution is 0.282. The molecular formula is C25H24N4OS. The van der Waals surface area contributed by atoms with Gasteiger partial charge in [-0.2, -0.15) is 0 Å². The number of fused-ring (bicyclic) bond motifs is 2. The first kappa shape index (κ1) is 19.7. The minimum absolute atomic E-state index is 0.0398. The van der Waals surface area contributed by atoms with Crippen molar-refractivity contribution in [1.29, 1.82) is 0 Å². The molecule has 0 saturated carbocycles. The molecule has 3 aromatic heterocycles. The van der Waals surface area contributed by atoms with Crippen LogP contribution < -0.4 is 5.32 Å². The van der Waals surface area contributed by atoms with E-state index in [-0.39, 0.29) is 6.61 Å². The van der Waals surface area contributed by atoms with Gasteiger partial charge in [0.1, 0.15) is 12.1 Å². The van der Waals surface area contributed by atoms with Gasteiger partial charge in [0.25, 0.3) is 0 Å². The number of aliphatic hydroxyl groups excluding tert-OH is 1. The zero-order valence-electron chi connectivity index (χ0n) is 17.6. The minimum Gasteiger partial charge on any atom is -0.392 e. The van der Waals surface area contributed by atoms with Gasteiger partial charge >= 0.3 is 0 Å². The van der Waals surface area contributed by atoms with E-state index in [1.54, 1.807) is 17.7 Å². The second-order valence-corrected chi connectivity index (χ2v) is 8.86. The topological polar surface area (TPSA) is 73.8 Å². The number of thiophene rings is 1. The molecule has 0 spiro atoms. The van der Waals surface area contributed by atoms with Crippen molar-refractivity contribution in [3.63, 3.8) is 0 Å². The highest BCUT2D eigenvalue weighted by atomic mass is 32.1.